The SMILES string of the molecule is CNCCNc1ccc(-c2cc(-c3cnn(C)c3)cn3ncc(C#N)c23)cn1. The van der Waals surface area contributed by atoms with Crippen molar-refractivity contribution < 1.29 is 0 Å². The standard InChI is InChI=1S/C20H20N8/c1-22-5-6-23-19-4-3-14(9-24-19)18-7-15(17-11-25-27(2)12-17)13-28-20(18)16(8-21)10-26-28/h3-4,7,9-13,22H,5-6H2,1-2H3,(H,23,24). The molecular formula is C20H20N8. The van der Waals surface area contributed by atoms with Gasteiger partial charge in [-0.15, -0.1) is 0 Å². The molecule has 4 aromatic rings. The summed E-state index contributed by atoms with van der Waals surface area (Å²) in [6.45, 7) is 1.66. The summed E-state index contributed by atoms with van der Waals surface area (Å²) in [6, 6.07) is 8.24. The lowest BCUT2D eigenvalue weighted by molar-refractivity contribution is 0.768. The summed E-state index contributed by atoms with van der Waals surface area (Å²) in [5, 5.41) is 24.5. The highest BCUT2D eigenvalue weighted by molar-refractivity contribution is 5.87. The lowest BCUT2D eigenvalue weighted by atomic mass is 10.0. The lowest BCUT2D eigenvalue weighted by Gasteiger charge is -2.10. The predicted octanol–water partition coefficient (Wildman–Crippen LogP) is 2.30. The highest BCUT2D eigenvalue weighted by Gasteiger charge is 2.14. The van der Waals surface area contributed by atoms with E-state index >= 15 is 0 Å². The molecule has 4 aromatic heterocycles. The molecule has 4 heterocycles. The molecule has 4 rings (SSSR count). The van der Waals surface area contributed by atoms with Crippen LogP contribution in [0.1, 0.15) is 5.56 Å². The van der Waals surface area contributed by atoms with E-state index < -0.39 is 0 Å². The summed E-state index contributed by atoms with van der Waals surface area (Å²) < 4.78 is 3.51. The monoisotopic (exact) mass is 372 g/mol. The van der Waals surface area contributed by atoms with Crippen molar-refractivity contribution >= 4 is 11.3 Å². The summed E-state index contributed by atoms with van der Waals surface area (Å²) in [5.41, 5.74) is 5.09. The van der Waals surface area contributed by atoms with E-state index in [1.807, 2.05) is 51.0 Å². The van der Waals surface area contributed by atoms with E-state index in [0.717, 1.165) is 46.7 Å². The van der Waals surface area contributed by atoms with Crippen LogP contribution in [-0.4, -0.2) is 44.5 Å². The molecule has 0 saturated heterocycles. The first kappa shape index (κ1) is 17.7. The smallest absolute Gasteiger partial charge is 0.125 e. The Morgan fingerprint density at radius 3 is 2.61 bits per heavy atom. The normalized spacial score (nSPS) is 10.9. The maximum atomic E-state index is 9.50. The third kappa shape index (κ3) is 3.31. The molecule has 0 atom stereocenters. The molecule has 8 heteroatoms. The molecule has 0 amide bonds. The van der Waals surface area contributed by atoms with Gasteiger partial charge in [-0.1, -0.05) is 0 Å². The Kier molecular flexibility index (Phi) is 4.74. The molecule has 0 radical (unpaired) electrons. The number of aromatic nitrogens is 5. The van der Waals surface area contributed by atoms with Crippen LogP contribution in [0.3, 0.4) is 0 Å². The molecular weight excluding hydrogens is 352 g/mol. The minimum atomic E-state index is 0.531. The summed E-state index contributed by atoms with van der Waals surface area (Å²) in [6.07, 6.45) is 9.09. The van der Waals surface area contributed by atoms with Crippen LogP contribution in [0.25, 0.3) is 27.8 Å². The van der Waals surface area contributed by atoms with Crippen LogP contribution in [-0.2, 0) is 7.05 Å². The van der Waals surface area contributed by atoms with Gasteiger partial charge in [-0.3, -0.25) is 4.68 Å². The molecule has 0 aliphatic rings. The van der Waals surface area contributed by atoms with E-state index in [-0.39, 0.29) is 0 Å². The number of likely N-dealkylation sites (N-methyl/N-ethyl adjacent to an activating group) is 1. The van der Waals surface area contributed by atoms with Gasteiger partial charge >= 0.3 is 0 Å². The first-order valence-corrected chi connectivity index (χ1v) is 8.95. The van der Waals surface area contributed by atoms with Crippen molar-refractivity contribution in [3.05, 3.63) is 54.7 Å². The minimum Gasteiger partial charge on any atom is -0.369 e. The fourth-order valence-corrected chi connectivity index (χ4v) is 3.12. The highest BCUT2D eigenvalue weighted by Crippen LogP contribution is 2.31. The number of rotatable bonds is 6. The van der Waals surface area contributed by atoms with E-state index in [1.165, 1.54) is 0 Å². The first-order valence-electron chi connectivity index (χ1n) is 8.95. The predicted molar refractivity (Wildman–Crippen MR) is 108 cm³/mol. The third-order valence-electron chi connectivity index (χ3n) is 4.53. The van der Waals surface area contributed by atoms with Crippen LogP contribution in [0.2, 0.25) is 0 Å². The second-order valence-electron chi connectivity index (χ2n) is 6.47. The quantitative estimate of drug-likeness (QED) is 0.504. The van der Waals surface area contributed by atoms with Crippen molar-refractivity contribution in [2.45, 2.75) is 0 Å². The van der Waals surface area contributed by atoms with Gasteiger partial charge in [-0.05, 0) is 25.2 Å². The van der Waals surface area contributed by atoms with Crippen molar-refractivity contribution in [2.75, 3.05) is 25.5 Å². The number of nitrogens with one attached hydrogen (secondary N) is 2. The van der Waals surface area contributed by atoms with Crippen LogP contribution in [0.15, 0.2) is 49.2 Å². The molecule has 0 aromatic carbocycles. The van der Waals surface area contributed by atoms with Gasteiger partial charge in [-0.2, -0.15) is 15.5 Å². The number of hydrogen-bond acceptors (Lipinski definition) is 6. The van der Waals surface area contributed by atoms with Crippen LogP contribution in [0.4, 0.5) is 5.82 Å². The van der Waals surface area contributed by atoms with Crippen LogP contribution >= 0.6 is 0 Å². The molecule has 0 aliphatic carbocycles. The maximum Gasteiger partial charge on any atom is 0.125 e. The van der Waals surface area contributed by atoms with Gasteiger partial charge in [-0.25, -0.2) is 9.50 Å². The number of hydrogen-bond donors (Lipinski definition) is 2. The van der Waals surface area contributed by atoms with Gasteiger partial charge in [0.05, 0.1) is 23.5 Å². The van der Waals surface area contributed by atoms with Crippen molar-refractivity contribution in [1.82, 2.24) is 29.7 Å². The topological polar surface area (TPSA) is 95.9 Å². The highest BCUT2D eigenvalue weighted by atomic mass is 15.2. The van der Waals surface area contributed by atoms with Crippen LogP contribution in [0, 0.1) is 11.3 Å². The van der Waals surface area contributed by atoms with Gasteiger partial charge in [0.25, 0.3) is 0 Å². The fraction of sp³-hybridized carbons (Fsp3) is 0.200. The first-order chi connectivity index (χ1) is 13.7. The second kappa shape index (κ2) is 7.50. The molecule has 28 heavy (non-hydrogen) atoms. The molecule has 8 nitrogen and oxygen atoms in total. The lowest BCUT2D eigenvalue weighted by Crippen LogP contribution is -2.18. The molecule has 0 bridgehead atoms. The van der Waals surface area contributed by atoms with Gasteiger partial charge in [0.15, 0.2) is 0 Å². The Bertz CT molecular complexity index is 1150. The third-order valence-corrected chi connectivity index (χ3v) is 4.53. The number of fused-ring (bicyclic) bond motifs is 1. The number of nitrogens with zero attached hydrogens (tertiary/aromatic N) is 6. The fourth-order valence-electron chi connectivity index (χ4n) is 3.12. The van der Waals surface area contributed by atoms with Crippen molar-refractivity contribution in [1.29, 1.82) is 5.26 Å². The average molecular weight is 372 g/mol. The molecule has 0 unspecified atom stereocenters. The summed E-state index contributed by atoms with van der Waals surface area (Å²) in [4.78, 5) is 4.51. The van der Waals surface area contributed by atoms with Crippen LogP contribution in [0.5, 0.6) is 0 Å². The average Bonchev–Trinajstić information content (AvgIpc) is 3.34. The molecule has 0 spiro atoms. The van der Waals surface area contributed by atoms with E-state index in [2.05, 4.69) is 38.0 Å². The summed E-state index contributed by atoms with van der Waals surface area (Å²) in [7, 11) is 3.80. The second-order valence-corrected chi connectivity index (χ2v) is 6.47. The minimum absolute atomic E-state index is 0.531. The van der Waals surface area contributed by atoms with E-state index in [0.29, 0.717) is 5.56 Å². The largest absolute Gasteiger partial charge is 0.369 e. The van der Waals surface area contributed by atoms with Gasteiger partial charge in [0, 0.05) is 61.0 Å². The van der Waals surface area contributed by atoms with Gasteiger partial charge < -0.3 is 10.6 Å². The van der Waals surface area contributed by atoms with Crippen molar-refractivity contribution in [3.8, 4) is 28.3 Å². The Balaban J connectivity index is 1.80. The molecule has 0 aliphatic heterocycles. The molecule has 0 fully saturated rings. The zero-order valence-electron chi connectivity index (χ0n) is 15.7. The number of anilines is 1. The molecule has 2 N–H and O–H groups in total. The number of nitriles is 1. The Morgan fingerprint density at radius 1 is 1.04 bits per heavy atom. The van der Waals surface area contributed by atoms with Crippen molar-refractivity contribution in [2.24, 2.45) is 7.05 Å². The number of pyridine rings is 2. The summed E-state index contributed by atoms with van der Waals surface area (Å²) >= 11 is 0. The van der Waals surface area contributed by atoms with Gasteiger partial charge in [0.1, 0.15) is 11.9 Å². The molecule has 140 valence electrons. The zero-order valence-corrected chi connectivity index (χ0v) is 15.7. The summed E-state index contributed by atoms with van der Waals surface area (Å²) in [5.74, 6) is 0.812. The zero-order chi connectivity index (χ0) is 19.5. The Labute approximate surface area is 162 Å². The van der Waals surface area contributed by atoms with E-state index in [4.69, 9.17) is 0 Å². The number of aryl methyl sites for hydroxylation is 1. The van der Waals surface area contributed by atoms with Crippen molar-refractivity contribution in [3.63, 3.8) is 0 Å². The van der Waals surface area contributed by atoms with E-state index in [1.54, 1.807) is 15.4 Å². The Morgan fingerprint density at radius 2 is 1.93 bits per heavy atom. The van der Waals surface area contributed by atoms with Gasteiger partial charge in [0.2, 0.25) is 0 Å². The van der Waals surface area contributed by atoms with E-state index in [9.17, 15) is 5.26 Å². The maximum absolute atomic E-state index is 9.50. The Hall–Kier alpha value is -3.70. The van der Waals surface area contributed by atoms with Crippen LogP contribution < -0.4 is 10.6 Å². The molecule has 0 saturated carbocycles.